The van der Waals surface area contributed by atoms with Crippen LogP contribution in [-0.4, -0.2) is 63.1 Å². The fourth-order valence-electron chi connectivity index (χ4n) is 3.57. The number of carbonyl (C=O) groups is 1. The van der Waals surface area contributed by atoms with Crippen molar-refractivity contribution in [2.45, 2.75) is 19.9 Å². The van der Waals surface area contributed by atoms with Gasteiger partial charge in [0, 0.05) is 44.6 Å². The van der Waals surface area contributed by atoms with Gasteiger partial charge in [-0.15, -0.1) is 0 Å². The topological polar surface area (TPSA) is 66.3 Å². The fraction of sp³-hybridized carbons (Fsp3) is 0.381. The second-order valence-electron chi connectivity index (χ2n) is 7.04. The third-order valence-electron chi connectivity index (χ3n) is 5.05. The van der Waals surface area contributed by atoms with Crippen LogP contribution in [0.4, 0.5) is 4.79 Å². The maximum absolute atomic E-state index is 12.2. The molecule has 3 heterocycles. The highest BCUT2D eigenvalue weighted by atomic mass is 16.2. The number of nitrogens with one attached hydrogen (secondary N) is 1. The summed E-state index contributed by atoms with van der Waals surface area (Å²) in [5.41, 5.74) is 2.84. The van der Waals surface area contributed by atoms with Crippen molar-refractivity contribution < 1.29 is 4.79 Å². The number of urea groups is 1. The van der Waals surface area contributed by atoms with Gasteiger partial charge in [-0.3, -0.25) is 9.47 Å². The molecular formula is C21H26N6O. The quantitative estimate of drug-likeness (QED) is 0.741. The van der Waals surface area contributed by atoms with Crippen LogP contribution in [-0.2, 0) is 6.54 Å². The SMILES string of the molecule is CCCNC(=O)N1CCN(Cc2nc3cccnc3n2-c2ccccc2)CC1. The summed E-state index contributed by atoms with van der Waals surface area (Å²) in [6, 6.07) is 14.2. The number of piperazine rings is 1. The zero-order valence-electron chi connectivity index (χ0n) is 16.2. The number of para-hydroxylation sites is 1. The van der Waals surface area contributed by atoms with Crippen molar-refractivity contribution in [2.24, 2.45) is 0 Å². The number of hydrogen-bond acceptors (Lipinski definition) is 4. The number of nitrogens with zero attached hydrogens (tertiary/aromatic N) is 5. The molecule has 4 rings (SSSR count). The molecule has 0 atom stereocenters. The second-order valence-corrected chi connectivity index (χ2v) is 7.04. The zero-order valence-corrected chi connectivity index (χ0v) is 16.2. The normalized spacial score (nSPS) is 15.1. The zero-order chi connectivity index (χ0) is 19.3. The molecule has 1 aromatic carbocycles. The van der Waals surface area contributed by atoms with E-state index >= 15 is 0 Å². The molecule has 146 valence electrons. The number of amides is 2. The molecular weight excluding hydrogens is 352 g/mol. The van der Waals surface area contributed by atoms with E-state index in [-0.39, 0.29) is 6.03 Å². The van der Waals surface area contributed by atoms with E-state index in [1.165, 1.54) is 0 Å². The van der Waals surface area contributed by atoms with Crippen LogP contribution in [0.15, 0.2) is 48.7 Å². The molecule has 0 radical (unpaired) electrons. The van der Waals surface area contributed by atoms with Gasteiger partial charge in [-0.05, 0) is 30.7 Å². The van der Waals surface area contributed by atoms with Crippen LogP contribution in [0.3, 0.4) is 0 Å². The van der Waals surface area contributed by atoms with Gasteiger partial charge in [-0.1, -0.05) is 25.1 Å². The molecule has 0 saturated carbocycles. The lowest BCUT2D eigenvalue weighted by Gasteiger charge is -2.34. The van der Waals surface area contributed by atoms with Crippen molar-refractivity contribution >= 4 is 17.2 Å². The smallest absolute Gasteiger partial charge is 0.317 e. The fourth-order valence-corrected chi connectivity index (χ4v) is 3.57. The Morgan fingerprint density at radius 3 is 2.61 bits per heavy atom. The molecule has 1 aliphatic rings. The first-order valence-corrected chi connectivity index (χ1v) is 9.89. The molecule has 2 amide bonds. The first-order chi connectivity index (χ1) is 13.8. The predicted octanol–water partition coefficient (Wildman–Crippen LogP) is 2.66. The molecule has 2 aromatic heterocycles. The lowest BCUT2D eigenvalue weighted by Crippen LogP contribution is -2.51. The molecule has 3 aromatic rings. The van der Waals surface area contributed by atoms with Crippen LogP contribution in [0.1, 0.15) is 19.2 Å². The van der Waals surface area contributed by atoms with Gasteiger partial charge in [0.1, 0.15) is 11.3 Å². The summed E-state index contributed by atoms with van der Waals surface area (Å²) in [6.07, 6.45) is 2.76. The maximum atomic E-state index is 12.2. The predicted molar refractivity (Wildman–Crippen MR) is 109 cm³/mol. The van der Waals surface area contributed by atoms with E-state index in [1.54, 1.807) is 6.20 Å². The number of aromatic nitrogens is 3. The van der Waals surface area contributed by atoms with E-state index in [2.05, 4.69) is 38.8 Å². The number of rotatable bonds is 5. The van der Waals surface area contributed by atoms with Gasteiger partial charge in [-0.25, -0.2) is 14.8 Å². The van der Waals surface area contributed by atoms with Crippen molar-refractivity contribution in [1.82, 2.24) is 29.7 Å². The average molecular weight is 378 g/mol. The minimum absolute atomic E-state index is 0.0437. The average Bonchev–Trinajstić information content (AvgIpc) is 3.11. The Morgan fingerprint density at radius 1 is 1.07 bits per heavy atom. The summed E-state index contributed by atoms with van der Waals surface area (Å²) in [7, 11) is 0. The number of fused-ring (bicyclic) bond motifs is 1. The van der Waals surface area contributed by atoms with Crippen molar-refractivity contribution in [1.29, 1.82) is 0 Å². The van der Waals surface area contributed by atoms with Gasteiger partial charge in [0.15, 0.2) is 5.65 Å². The van der Waals surface area contributed by atoms with Crippen molar-refractivity contribution in [2.75, 3.05) is 32.7 Å². The van der Waals surface area contributed by atoms with Crippen molar-refractivity contribution in [3.05, 3.63) is 54.5 Å². The number of imidazole rings is 1. The lowest BCUT2D eigenvalue weighted by molar-refractivity contribution is 0.133. The largest absolute Gasteiger partial charge is 0.338 e. The Bertz CT molecular complexity index is 930. The summed E-state index contributed by atoms with van der Waals surface area (Å²) in [5.74, 6) is 0.976. The number of pyridine rings is 1. The summed E-state index contributed by atoms with van der Waals surface area (Å²) >= 11 is 0. The van der Waals surface area contributed by atoms with E-state index in [0.717, 1.165) is 68.4 Å². The Labute approximate surface area is 165 Å². The summed E-state index contributed by atoms with van der Waals surface area (Å²) in [5, 5.41) is 2.96. The highest BCUT2D eigenvalue weighted by molar-refractivity contribution is 5.74. The summed E-state index contributed by atoms with van der Waals surface area (Å²) in [4.78, 5) is 25.8. The maximum Gasteiger partial charge on any atom is 0.317 e. The minimum Gasteiger partial charge on any atom is -0.338 e. The van der Waals surface area contributed by atoms with E-state index in [9.17, 15) is 4.79 Å². The van der Waals surface area contributed by atoms with Crippen LogP contribution < -0.4 is 5.32 Å². The molecule has 0 aliphatic carbocycles. The molecule has 7 heteroatoms. The number of carbonyl (C=O) groups excluding carboxylic acids is 1. The summed E-state index contributed by atoms with van der Waals surface area (Å²) < 4.78 is 2.13. The van der Waals surface area contributed by atoms with Gasteiger partial charge < -0.3 is 10.2 Å². The Kier molecular flexibility index (Phi) is 5.53. The third kappa shape index (κ3) is 3.84. The van der Waals surface area contributed by atoms with Gasteiger partial charge in [0.05, 0.1) is 6.54 Å². The van der Waals surface area contributed by atoms with Crippen molar-refractivity contribution in [3.8, 4) is 5.69 Å². The van der Waals surface area contributed by atoms with Gasteiger partial charge >= 0.3 is 6.03 Å². The molecule has 1 N–H and O–H groups in total. The highest BCUT2D eigenvalue weighted by Crippen LogP contribution is 2.21. The Hall–Kier alpha value is -2.93. The molecule has 0 bridgehead atoms. The molecule has 1 aliphatic heterocycles. The standard InChI is InChI=1S/C21H26N6O/c1-2-10-23-21(28)26-14-12-25(13-15-26)16-19-24-18-9-6-11-22-20(18)27(19)17-7-4-3-5-8-17/h3-9,11H,2,10,12-16H2,1H3,(H,23,28). The molecule has 1 saturated heterocycles. The van der Waals surface area contributed by atoms with Crippen LogP contribution in [0.5, 0.6) is 0 Å². The van der Waals surface area contributed by atoms with Gasteiger partial charge in [0.2, 0.25) is 0 Å². The minimum atomic E-state index is 0.0437. The lowest BCUT2D eigenvalue weighted by atomic mass is 10.3. The van der Waals surface area contributed by atoms with Crippen LogP contribution in [0.25, 0.3) is 16.9 Å². The molecule has 1 fully saturated rings. The monoisotopic (exact) mass is 378 g/mol. The Morgan fingerprint density at radius 2 is 1.86 bits per heavy atom. The number of hydrogen-bond donors (Lipinski definition) is 1. The highest BCUT2D eigenvalue weighted by Gasteiger charge is 2.23. The summed E-state index contributed by atoms with van der Waals surface area (Å²) in [6.45, 7) is 6.67. The number of benzene rings is 1. The molecule has 7 nitrogen and oxygen atoms in total. The van der Waals surface area contributed by atoms with Gasteiger partial charge in [-0.2, -0.15) is 0 Å². The van der Waals surface area contributed by atoms with Gasteiger partial charge in [0.25, 0.3) is 0 Å². The molecule has 28 heavy (non-hydrogen) atoms. The third-order valence-corrected chi connectivity index (χ3v) is 5.05. The second kappa shape index (κ2) is 8.39. The van der Waals surface area contributed by atoms with E-state index in [0.29, 0.717) is 0 Å². The molecule has 0 spiro atoms. The van der Waals surface area contributed by atoms with Crippen LogP contribution in [0.2, 0.25) is 0 Å². The van der Waals surface area contributed by atoms with Crippen LogP contribution >= 0.6 is 0 Å². The first-order valence-electron chi connectivity index (χ1n) is 9.89. The van der Waals surface area contributed by atoms with Crippen molar-refractivity contribution in [3.63, 3.8) is 0 Å². The van der Waals surface area contributed by atoms with E-state index in [4.69, 9.17) is 4.98 Å². The first kappa shape index (κ1) is 18.4. The van der Waals surface area contributed by atoms with Crippen LogP contribution in [0, 0.1) is 0 Å². The van der Waals surface area contributed by atoms with E-state index < -0.39 is 0 Å². The molecule has 0 unspecified atom stereocenters. The Balaban J connectivity index is 1.51. The van der Waals surface area contributed by atoms with E-state index in [1.807, 2.05) is 35.2 Å².